The van der Waals surface area contributed by atoms with Crippen molar-refractivity contribution >= 4 is 29.3 Å². The Bertz CT molecular complexity index is 705. The fourth-order valence-electron chi connectivity index (χ4n) is 3.53. The Balaban J connectivity index is 1.63. The SMILES string of the molecule is CN(C)C(=O)CN1C(=O)[C@H]2CC[C@@H]1CN(C(=O)CCc1cc(Cl)no1)C2. The van der Waals surface area contributed by atoms with Gasteiger partial charge in [0.2, 0.25) is 17.7 Å². The summed E-state index contributed by atoms with van der Waals surface area (Å²) in [6.45, 7) is 0.961. The van der Waals surface area contributed by atoms with Crippen molar-refractivity contribution in [3.63, 3.8) is 0 Å². The normalized spacial score (nSPS) is 22.5. The van der Waals surface area contributed by atoms with E-state index in [1.807, 2.05) is 0 Å². The van der Waals surface area contributed by atoms with E-state index in [0.29, 0.717) is 25.3 Å². The molecule has 4 rings (SSSR count). The molecule has 3 fully saturated rings. The first-order valence-electron chi connectivity index (χ1n) is 8.74. The highest BCUT2D eigenvalue weighted by atomic mass is 35.5. The molecule has 1 aromatic heterocycles. The van der Waals surface area contributed by atoms with Crippen molar-refractivity contribution in [2.45, 2.75) is 31.7 Å². The molecule has 142 valence electrons. The fraction of sp³-hybridized carbons (Fsp3) is 0.647. The van der Waals surface area contributed by atoms with Crippen LogP contribution in [0, 0.1) is 5.92 Å². The molecule has 1 aromatic rings. The highest BCUT2D eigenvalue weighted by Crippen LogP contribution is 2.29. The molecule has 0 saturated carbocycles. The van der Waals surface area contributed by atoms with Crippen molar-refractivity contribution < 1.29 is 18.9 Å². The number of hydrogen-bond acceptors (Lipinski definition) is 5. The van der Waals surface area contributed by atoms with Crippen molar-refractivity contribution in [3.05, 3.63) is 17.0 Å². The van der Waals surface area contributed by atoms with Gasteiger partial charge in [0.15, 0.2) is 5.15 Å². The number of carbonyl (C=O) groups excluding carboxylic acids is 3. The molecule has 0 N–H and O–H groups in total. The van der Waals surface area contributed by atoms with E-state index in [2.05, 4.69) is 5.16 Å². The number of amides is 3. The van der Waals surface area contributed by atoms with Crippen molar-refractivity contribution in [1.82, 2.24) is 19.9 Å². The van der Waals surface area contributed by atoms with E-state index >= 15 is 0 Å². The molecule has 3 amide bonds. The lowest BCUT2D eigenvalue weighted by Crippen LogP contribution is -2.51. The molecule has 0 aromatic carbocycles. The van der Waals surface area contributed by atoms with Crippen molar-refractivity contribution in [2.24, 2.45) is 5.92 Å². The second-order valence-electron chi connectivity index (χ2n) is 7.10. The van der Waals surface area contributed by atoms with Gasteiger partial charge in [-0.1, -0.05) is 16.8 Å². The number of aryl methyl sites for hydroxylation is 1. The van der Waals surface area contributed by atoms with E-state index in [0.717, 1.165) is 12.8 Å². The molecule has 9 heteroatoms. The van der Waals surface area contributed by atoms with Crippen LogP contribution in [0.15, 0.2) is 10.6 Å². The van der Waals surface area contributed by atoms with Crippen LogP contribution in [-0.4, -0.2) is 77.3 Å². The van der Waals surface area contributed by atoms with Crippen LogP contribution in [0.5, 0.6) is 0 Å². The quantitative estimate of drug-likeness (QED) is 0.751. The minimum absolute atomic E-state index is 0.0197. The Kier molecular flexibility index (Phi) is 5.50. The average Bonchev–Trinajstić information content (AvgIpc) is 2.83. The summed E-state index contributed by atoms with van der Waals surface area (Å²) in [7, 11) is 3.35. The van der Waals surface area contributed by atoms with Crippen LogP contribution in [0.3, 0.4) is 0 Å². The minimum Gasteiger partial charge on any atom is -0.360 e. The maximum absolute atomic E-state index is 12.7. The summed E-state index contributed by atoms with van der Waals surface area (Å²) in [4.78, 5) is 42.2. The van der Waals surface area contributed by atoms with Crippen LogP contribution in [0.25, 0.3) is 0 Å². The van der Waals surface area contributed by atoms with Crippen molar-refractivity contribution in [1.29, 1.82) is 0 Å². The molecule has 3 aliphatic rings. The lowest BCUT2D eigenvalue weighted by atomic mass is 9.94. The molecule has 8 nitrogen and oxygen atoms in total. The molecule has 0 spiro atoms. The number of nitrogens with zero attached hydrogens (tertiary/aromatic N) is 4. The number of hydrogen-bond donors (Lipinski definition) is 0. The maximum atomic E-state index is 12.7. The second-order valence-corrected chi connectivity index (χ2v) is 7.48. The van der Waals surface area contributed by atoms with E-state index in [-0.39, 0.29) is 47.8 Å². The summed E-state index contributed by atoms with van der Waals surface area (Å²) >= 11 is 5.71. The van der Waals surface area contributed by atoms with Gasteiger partial charge in [0.25, 0.3) is 0 Å². The lowest BCUT2D eigenvalue weighted by Gasteiger charge is -2.35. The molecule has 2 bridgehead atoms. The van der Waals surface area contributed by atoms with E-state index in [9.17, 15) is 14.4 Å². The van der Waals surface area contributed by atoms with Crippen LogP contribution in [0.4, 0.5) is 0 Å². The topological polar surface area (TPSA) is 87.0 Å². The first-order chi connectivity index (χ1) is 12.3. The molecule has 0 unspecified atom stereocenters. The summed E-state index contributed by atoms with van der Waals surface area (Å²) in [6.07, 6.45) is 2.27. The standard InChI is InChI=1S/C17H23ClN4O4/c1-20(2)16(24)10-22-12-4-3-11(17(22)25)8-21(9-12)15(23)6-5-13-7-14(18)19-26-13/h7,11-12H,3-6,8-10H2,1-2H3/t11-,12+/m0/s1. The second kappa shape index (κ2) is 7.65. The number of halogens is 1. The summed E-state index contributed by atoms with van der Waals surface area (Å²) in [6, 6.07) is 1.49. The molecule has 0 radical (unpaired) electrons. The lowest BCUT2D eigenvalue weighted by molar-refractivity contribution is -0.145. The molecule has 3 saturated heterocycles. The molecule has 26 heavy (non-hydrogen) atoms. The first-order valence-corrected chi connectivity index (χ1v) is 9.12. The number of rotatable bonds is 5. The Morgan fingerprint density at radius 2 is 2.12 bits per heavy atom. The number of fused-ring (bicyclic) bond motifs is 4. The third-order valence-corrected chi connectivity index (χ3v) is 5.24. The van der Waals surface area contributed by atoms with Crippen LogP contribution in [0.1, 0.15) is 25.0 Å². The van der Waals surface area contributed by atoms with Crippen LogP contribution < -0.4 is 0 Å². The zero-order chi connectivity index (χ0) is 18.8. The van der Waals surface area contributed by atoms with Crippen LogP contribution >= 0.6 is 11.6 Å². The third-order valence-electron chi connectivity index (χ3n) is 5.07. The molecular formula is C17H23ClN4O4. The summed E-state index contributed by atoms with van der Waals surface area (Å²) in [5, 5.41) is 3.87. The Morgan fingerprint density at radius 3 is 2.77 bits per heavy atom. The van der Waals surface area contributed by atoms with Gasteiger partial charge < -0.3 is 19.2 Å². The van der Waals surface area contributed by atoms with Gasteiger partial charge in [0.05, 0.1) is 5.92 Å². The highest BCUT2D eigenvalue weighted by molar-refractivity contribution is 6.29. The third kappa shape index (κ3) is 4.00. The number of piperidine rings is 1. The summed E-state index contributed by atoms with van der Waals surface area (Å²) in [5.74, 6) is 0.186. The molecule has 4 heterocycles. The van der Waals surface area contributed by atoms with Gasteiger partial charge in [-0.05, 0) is 12.8 Å². The maximum Gasteiger partial charge on any atom is 0.241 e. The minimum atomic E-state index is -0.229. The average molecular weight is 383 g/mol. The zero-order valence-corrected chi connectivity index (χ0v) is 15.7. The van der Waals surface area contributed by atoms with Gasteiger partial charge >= 0.3 is 0 Å². The predicted octanol–water partition coefficient (Wildman–Crippen LogP) is 0.798. The molecular weight excluding hydrogens is 360 g/mol. The molecule has 3 aliphatic heterocycles. The van der Waals surface area contributed by atoms with Gasteiger partial charge in [0.1, 0.15) is 12.3 Å². The Hall–Kier alpha value is -2.09. The van der Waals surface area contributed by atoms with Gasteiger partial charge in [-0.25, -0.2) is 0 Å². The number of likely N-dealkylation sites (N-methyl/N-ethyl adjacent to an activating group) is 1. The van der Waals surface area contributed by atoms with Crippen LogP contribution in [-0.2, 0) is 20.8 Å². The predicted molar refractivity (Wildman–Crippen MR) is 93.3 cm³/mol. The number of carbonyl (C=O) groups is 3. The number of aromatic nitrogens is 1. The van der Waals surface area contributed by atoms with Gasteiger partial charge in [-0.15, -0.1) is 0 Å². The monoisotopic (exact) mass is 382 g/mol. The summed E-state index contributed by atoms with van der Waals surface area (Å²) in [5.41, 5.74) is 0. The van der Waals surface area contributed by atoms with Gasteiger partial charge in [-0.2, -0.15) is 0 Å². The fourth-order valence-corrected chi connectivity index (χ4v) is 3.69. The highest BCUT2D eigenvalue weighted by Gasteiger charge is 2.42. The first kappa shape index (κ1) is 18.7. The largest absolute Gasteiger partial charge is 0.360 e. The van der Waals surface area contributed by atoms with Crippen molar-refractivity contribution in [3.8, 4) is 0 Å². The van der Waals surface area contributed by atoms with Crippen LogP contribution in [0.2, 0.25) is 5.15 Å². The van der Waals surface area contributed by atoms with Gasteiger partial charge in [0, 0.05) is 52.1 Å². The van der Waals surface area contributed by atoms with E-state index in [1.54, 1.807) is 30.0 Å². The van der Waals surface area contributed by atoms with E-state index in [4.69, 9.17) is 16.1 Å². The molecule has 0 aliphatic carbocycles. The zero-order valence-electron chi connectivity index (χ0n) is 15.0. The van der Waals surface area contributed by atoms with Crippen molar-refractivity contribution in [2.75, 3.05) is 33.7 Å². The Labute approximate surface area is 157 Å². The van der Waals surface area contributed by atoms with E-state index < -0.39 is 0 Å². The van der Waals surface area contributed by atoms with E-state index in [1.165, 1.54) is 4.90 Å². The molecule has 2 atom stereocenters. The Morgan fingerprint density at radius 1 is 1.35 bits per heavy atom. The summed E-state index contributed by atoms with van der Waals surface area (Å²) < 4.78 is 5.02. The van der Waals surface area contributed by atoms with Gasteiger partial charge in [-0.3, -0.25) is 14.4 Å². The smallest absolute Gasteiger partial charge is 0.241 e.